The smallest absolute Gasteiger partial charge is 0.255 e. The van der Waals surface area contributed by atoms with Gasteiger partial charge in [0.05, 0.1) is 7.11 Å². The number of carbonyl (C=O) groups is 2. The van der Waals surface area contributed by atoms with E-state index in [2.05, 4.69) is 36.7 Å². The Kier molecular flexibility index (Phi) is 6.71. The van der Waals surface area contributed by atoms with Crippen molar-refractivity contribution >= 4 is 39.4 Å². The summed E-state index contributed by atoms with van der Waals surface area (Å²) in [6, 6.07) is 9.50. The number of anilines is 1. The molecule has 1 aliphatic rings. The predicted octanol–water partition coefficient (Wildman–Crippen LogP) is 2.54. The number of benzene rings is 1. The molecule has 1 aliphatic carbocycles. The fraction of sp³-hybridized carbons (Fsp3) is 0.143. The van der Waals surface area contributed by atoms with E-state index in [1.54, 1.807) is 48.7 Å². The van der Waals surface area contributed by atoms with Crippen LogP contribution in [0.25, 0.3) is 0 Å². The minimum atomic E-state index is -1.39. The lowest BCUT2D eigenvalue weighted by Crippen LogP contribution is -2.56. The van der Waals surface area contributed by atoms with Gasteiger partial charge >= 0.3 is 0 Å². The highest BCUT2D eigenvalue weighted by Crippen LogP contribution is 2.25. The van der Waals surface area contributed by atoms with Gasteiger partial charge in [-0.25, -0.2) is 4.98 Å². The van der Waals surface area contributed by atoms with E-state index in [9.17, 15) is 9.59 Å². The van der Waals surface area contributed by atoms with Gasteiger partial charge in [0.2, 0.25) is 0 Å². The molecule has 1 heterocycles. The highest BCUT2D eigenvalue weighted by Gasteiger charge is 2.39. The van der Waals surface area contributed by atoms with E-state index in [-0.39, 0.29) is 12.3 Å². The molecule has 9 nitrogen and oxygen atoms in total. The van der Waals surface area contributed by atoms with Crippen molar-refractivity contribution in [3.8, 4) is 0 Å². The molecular formula is C21H20BrN5O4. The van der Waals surface area contributed by atoms with Crippen LogP contribution in [0, 0.1) is 0 Å². The predicted molar refractivity (Wildman–Crippen MR) is 119 cm³/mol. The number of pyridine rings is 1. The molecule has 0 bridgehead atoms. The maximum absolute atomic E-state index is 13.2. The summed E-state index contributed by atoms with van der Waals surface area (Å²) in [5, 5.41) is 17.2. The SMILES string of the molecule is COC1=CC(NC(=O)c2ccc(C(N)=NO)cc2)(C(=O)Nc2ccc(Br)cn2)CC=C1. The number of hydrogen-bond donors (Lipinski definition) is 4. The number of aromatic nitrogens is 1. The van der Waals surface area contributed by atoms with Crippen LogP contribution in [-0.2, 0) is 9.53 Å². The average molecular weight is 486 g/mol. The zero-order chi connectivity index (χ0) is 22.4. The summed E-state index contributed by atoms with van der Waals surface area (Å²) in [7, 11) is 1.48. The summed E-state index contributed by atoms with van der Waals surface area (Å²) in [4.78, 5) is 30.3. The molecule has 3 rings (SSSR count). The molecule has 2 aromatic rings. The number of ether oxygens (including phenoxy) is 1. The Morgan fingerprint density at radius 1 is 1.23 bits per heavy atom. The van der Waals surface area contributed by atoms with E-state index in [0.717, 1.165) is 4.47 Å². The molecule has 1 atom stereocenters. The van der Waals surface area contributed by atoms with E-state index in [0.29, 0.717) is 22.7 Å². The van der Waals surface area contributed by atoms with Crippen molar-refractivity contribution in [2.24, 2.45) is 10.9 Å². The van der Waals surface area contributed by atoms with Crippen molar-refractivity contribution in [1.29, 1.82) is 0 Å². The monoisotopic (exact) mass is 485 g/mol. The number of amides is 2. The van der Waals surface area contributed by atoms with Crippen LogP contribution in [0.3, 0.4) is 0 Å². The Bertz CT molecular complexity index is 1060. The van der Waals surface area contributed by atoms with Gasteiger partial charge in [0.25, 0.3) is 11.8 Å². The summed E-state index contributed by atoms with van der Waals surface area (Å²) >= 11 is 3.30. The molecule has 31 heavy (non-hydrogen) atoms. The lowest BCUT2D eigenvalue weighted by molar-refractivity contribution is -0.120. The number of amidine groups is 1. The molecule has 0 aliphatic heterocycles. The van der Waals surface area contributed by atoms with Crippen molar-refractivity contribution in [1.82, 2.24) is 10.3 Å². The third-order valence-electron chi connectivity index (χ3n) is 4.61. The van der Waals surface area contributed by atoms with Gasteiger partial charge in [-0.05, 0) is 52.3 Å². The first-order valence-corrected chi connectivity index (χ1v) is 9.93. The van der Waals surface area contributed by atoms with E-state index in [4.69, 9.17) is 15.7 Å². The topological polar surface area (TPSA) is 139 Å². The Morgan fingerprint density at radius 2 is 1.94 bits per heavy atom. The molecular weight excluding hydrogens is 466 g/mol. The number of oxime groups is 1. The average Bonchev–Trinajstić information content (AvgIpc) is 2.80. The fourth-order valence-electron chi connectivity index (χ4n) is 2.94. The highest BCUT2D eigenvalue weighted by atomic mass is 79.9. The number of nitrogens with two attached hydrogens (primary N) is 1. The summed E-state index contributed by atoms with van der Waals surface area (Å²) < 4.78 is 6.04. The zero-order valence-electron chi connectivity index (χ0n) is 16.5. The molecule has 0 saturated carbocycles. The number of allylic oxidation sites excluding steroid dienone is 1. The van der Waals surface area contributed by atoms with E-state index in [1.165, 1.54) is 19.2 Å². The number of nitrogens with zero attached hydrogens (tertiary/aromatic N) is 2. The van der Waals surface area contributed by atoms with Gasteiger partial charge in [-0.15, -0.1) is 0 Å². The van der Waals surface area contributed by atoms with Gasteiger partial charge in [0.1, 0.15) is 17.1 Å². The number of carbonyl (C=O) groups excluding carboxylic acids is 2. The standard InChI is InChI=1S/C21H20BrN5O4/c1-31-16-3-2-10-21(11-16,20(29)25-17-9-8-15(22)12-24-17)26-19(28)14-6-4-13(5-7-14)18(23)27-30/h2-9,11-12,30H,10H2,1H3,(H2,23,27)(H,26,28)(H,24,25,29). The first-order valence-electron chi connectivity index (χ1n) is 9.14. The summed E-state index contributed by atoms with van der Waals surface area (Å²) in [6.07, 6.45) is 6.80. The van der Waals surface area contributed by atoms with Crippen molar-refractivity contribution < 1.29 is 19.5 Å². The van der Waals surface area contributed by atoms with Crippen LogP contribution in [0.15, 0.2) is 76.2 Å². The maximum atomic E-state index is 13.2. The number of nitrogens with one attached hydrogen (secondary N) is 2. The fourth-order valence-corrected chi connectivity index (χ4v) is 3.18. The summed E-state index contributed by atoms with van der Waals surface area (Å²) in [6.45, 7) is 0. The van der Waals surface area contributed by atoms with Crippen molar-refractivity contribution in [2.45, 2.75) is 12.0 Å². The second kappa shape index (κ2) is 9.43. The Balaban J connectivity index is 1.87. The Hall–Kier alpha value is -3.66. The second-order valence-electron chi connectivity index (χ2n) is 6.66. The third kappa shape index (κ3) is 5.10. The number of halogens is 1. The molecule has 1 aromatic carbocycles. The van der Waals surface area contributed by atoms with Gasteiger partial charge in [-0.2, -0.15) is 0 Å². The molecule has 1 aromatic heterocycles. The quantitative estimate of drug-likeness (QED) is 0.214. The molecule has 0 radical (unpaired) electrons. The molecule has 0 fully saturated rings. The molecule has 2 amide bonds. The molecule has 160 valence electrons. The lowest BCUT2D eigenvalue weighted by Gasteiger charge is -2.32. The normalized spacial score (nSPS) is 18.1. The summed E-state index contributed by atoms with van der Waals surface area (Å²) in [5.41, 5.74) is 4.91. The minimum absolute atomic E-state index is 0.0742. The molecule has 0 spiro atoms. The largest absolute Gasteiger partial charge is 0.497 e. The lowest BCUT2D eigenvalue weighted by atomic mass is 9.88. The van der Waals surface area contributed by atoms with Crippen molar-refractivity contribution in [3.63, 3.8) is 0 Å². The summed E-state index contributed by atoms with van der Waals surface area (Å²) in [5.74, 6) is -0.246. The van der Waals surface area contributed by atoms with Crippen LogP contribution in [0.4, 0.5) is 5.82 Å². The van der Waals surface area contributed by atoms with Crippen LogP contribution in [0.5, 0.6) is 0 Å². The molecule has 10 heteroatoms. The zero-order valence-corrected chi connectivity index (χ0v) is 18.1. The third-order valence-corrected chi connectivity index (χ3v) is 5.08. The van der Waals surface area contributed by atoms with Crippen molar-refractivity contribution in [3.05, 3.63) is 82.2 Å². The van der Waals surface area contributed by atoms with E-state index in [1.807, 2.05) is 0 Å². The van der Waals surface area contributed by atoms with Gasteiger partial charge in [-0.3, -0.25) is 9.59 Å². The highest BCUT2D eigenvalue weighted by molar-refractivity contribution is 9.10. The first-order chi connectivity index (χ1) is 14.9. The van der Waals surface area contributed by atoms with Crippen LogP contribution in [0.1, 0.15) is 22.3 Å². The minimum Gasteiger partial charge on any atom is -0.497 e. The van der Waals surface area contributed by atoms with Gasteiger partial charge in [-0.1, -0.05) is 23.4 Å². The molecule has 1 unspecified atom stereocenters. The van der Waals surface area contributed by atoms with Crippen LogP contribution >= 0.6 is 15.9 Å². The van der Waals surface area contributed by atoms with Crippen LogP contribution in [0.2, 0.25) is 0 Å². The number of hydrogen-bond acceptors (Lipinski definition) is 6. The van der Waals surface area contributed by atoms with Crippen molar-refractivity contribution in [2.75, 3.05) is 12.4 Å². The molecule has 5 N–H and O–H groups in total. The first kappa shape index (κ1) is 22.0. The van der Waals surface area contributed by atoms with E-state index >= 15 is 0 Å². The maximum Gasteiger partial charge on any atom is 0.255 e. The Morgan fingerprint density at radius 3 is 2.55 bits per heavy atom. The number of methoxy groups -OCH3 is 1. The molecule has 0 saturated heterocycles. The van der Waals surface area contributed by atoms with Gasteiger partial charge < -0.3 is 26.3 Å². The number of rotatable bonds is 6. The van der Waals surface area contributed by atoms with E-state index < -0.39 is 17.4 Å². The van der Waals surface area contributed by atoms with Gasteiger partial charge in [0, 0.05) is 28.2 Å². The van der Waals surface area contributed by atoms with Crippen LogP contribution in [-0.4, -0.2) is 40.5 Å². The van der Waals surface area contributed by atoms with Crippen LogP contribution < -0.4 is 16.4 Å². The Labute approximate surface area is 186 Å². The van der Waals surface area contributed by atoms with Gasteiger partial charge in [0.15, 0.2) is 5.84 Å². The second-order valence-corrected chi connectivity index (χ2v) is 7.58.